The van der Waals surface area contributed by atoms with Gasteiger partial charge >= 0.3 is 12.1 Å². The van der Waals surface area contributed by atoms with E-state index in [0.29, 0.717) is 17.9 Å². The Labute approximate surface area is 191 Å². The van der Waals surface area contributed by atoms with Gasteiger partial charge in [0, 0.05) is 32.0 Å². The number of aliphatic carboxylic acids is 1. The average Bonchev–Trinajstić information content (AvgIpc) is 3.09. The minimum atomic E-state index is -1.18. The van der Waals surface area contributed by atoms with Crippen molar-refractivity contribution in [2.45, 2.75) is 91.3 Å². The van der Waals surface area contributed by atoms with Crippen LogP contribution in [0.5, 0.6) is 0 Å². The normalized spacial score (nSPS) is 14.1. The summed E-state index contributed by atoms with van der Waals surface area (Å²) in [7, 11) is 2.92. The Bertz CT molecular complexity index is 803. The second-order valence-corrected chi connectivity index (χ2v) is 10.7. The zero-order valence-corrected chi connectivity index (χ0v) is 21.1. The van der Waals surface area contributed by atoms with Crippen LogP contribution in [0.2, 0.25) is 0 Å². The molecule has 0 radical (unpaired) electrons. The van der Waals surface area contributed by atoms with Gasteiger partial charge in [0.25, 0.3) is 0 Å². The zero-order valence-electron chi connectivity index (χ0n) is 21.1. The topological polar surface area (TPSA) is 113 Å². The molecule has 32 heavy (non-hydrogen) atoms. The van der Waals surface area contributed by atoms with Crippen molar-refractivity contribution in [1.82, 2.24) is 15.0 Å². The van der Waals surface area contributed by atoms with Crippen LogP contribution in [0.1, 0.15) is 73.3 Å². The fraction of sp³-hybridized carbons (Fsp3) is 0.739. The molecule has 0 aliphatic rings. The van der Waals surface area contributed by atoms with Crippen LogP contribution in [0.4, 0.5) is 4.79 Å². The molecule has 2 atom stereocenters. The van der Waals surface area contributed by atoms with Gasteiger partial charge in [-0.25, -0.2) is 9.59 Å². The summed E-state index contributed by atoms with van der Waals surface area (Å²) in [4.78, 5) is 40.4. The highest BCUT2D eigenvalue weighted by molar-refractivity contribution is 5.89. The van der Waals surface area contributed by atoms with E-state index in [1.54, 1.807) is 26.8 Å². The Morgan fingerprint density at radius 3 is 2.03 bits per heavy atom. The largest absolute Gasteiger partial charge is 0.480 e. The maximum absolute atomic E-state index is 13.4. The van der Waals surface area contributed by atoms with E-state index in [4.69, 9.17) is 9.26 Å². The van der Waals surface area contributed by atoms with Gasteiger partial charge in [0.05, 0.1) is 5.69 Å². The molecule has 1 heterocycles. The van der Waals surface area contributed by atoms with Crippen LogP contribution in [0, 0.1) is 5.92 Å². The standard InChI is InChI=1S/C23H39N3O6/c1-14(2)11-16(26(10)21(30)31-23(6,7)8)19(27)25(9)17(20(28)29)12-15-13-18(24-32-15)22(3,4)5/h13-14,16-17H,11-12H2,1-10H3,(H,28,29). The first-order chi connectivity index (χ1) is 14.4. The number of ether oxygens (including phenoxy) is 1. The molecule has 9 heteroatoms. The van der Waals surface area contributed by atoms with Crippen LogP contribution < -0.4 is 0 Å². The average molecular weight is 454 g/mol. The number of hydrogen-bond donors (Lipinski definition) is 1. The highest BCUT2D eigenvalue weighted by Gasteiger charge is 2.37. The lowest BCUT2D eigenvalue weighted by molar-refractivity contribution is -0.151. The second kappa shape index (κ2) is 10.4. The van der Waals surface area contributed by atoms with Crippen molar-refractivity contribution in [2.24, 2.45) is 5.92 Å². The zero-order chi connectivity index (χ0) is 25.0. The summed E-state index contributed by atoms with van der Waals surface area (Å²) in [6.45, 7) is 15.0. The molecule has 2 amide bonds. The van der Waals surface area contributed by atoms with Gasteiger partial charge in [-0.2, -0.15) is 0 Å². The lowest BCUT2D eigenvalue weighted by Crippen LogP contribution is -2.54. The first-order valence-electron chi connectivity index (χ1n) is 10.9. The number of aromatic nitrogens is 1. The summed E-state index contributed by atoms with van der Waals surface area (Å²) < 4.78 is 10.7. The van der Waals surface area contributed by atoms with Crippen LogP contribution in [0.25, 0.3) is 0 Å². The molecule has 1 aromatic heterocycles. The van der Waals surface area contributed by atoms with Gasteiger partial charge in [0.1, 0.15) is 23.4 Å². The monoisotopic (exact) mass is 453 g/mol. The molecule has 0 bridgehead atoms. The highest BCUT2D eigenvalue weighted by Crippen LogP contribution is 2.23. The minimum Gasteiger partial charge on any atom is -0.480 e. The van der Waals surface area contributed by atoms with Crippen LogP contribution in [-0.4, -0.2) is 69.8 Å². The minimum absolute atomic E-state index is 0.0365. The van der Waals surface area contributed by atoms with E-state index in [2.05, 4.69) is 5.16 Å². The number of nitrogens with zero attached hydrogens (tertiary/aromatic N) is 3. The number of carbonyl (C=O) groups is 3. The summed E-state index contributed by atoms with van der Waals surface area (Å²) in [6, 6.07) is -0.325. The maximum Gasteiger partial charge on any atom is 0.410 e. The van der Waals surface area contributed by atoms with Crippen molar-refractivity contribution in [2.75, 3.05) is 14.1 Å². The third-order valence-electron chi connectivity index (χ3n) is 4.95. The van der Waals surface area contributed by atoms with E-state index >= 15 is 0 Å². The lowest BCUT2D eigenvalue weighted by Gasteiger charge is -2.34. The van der Waals surface area contributed by atoms with E-state index in [1.165, 1.54) is 19.0 Å². The molecule has 0 saturated carbocycles. The Balaban J connectivity index is 3.13. The van der Waals surface area contributed by atoms with Crippen LogP contribution >= 0.6 is 0 Å². The molecule has 0 aliphatic heterocycles. The maximum atomic E-state index is 13.4. The third-order valence-corrected chi connectivity index (χ3v) is 4.95. The van der Waals surface area contributed by atoms with Gasteiger partial charge in [0.2, 0.25) is 5.91 Å². The van der Waals surface area contributed by atoms with Crippen LogP contribution in [0.15, 0.2) is 10.6 Å². The number of hydrogen-bond acceptors (Lipinski definition) is 6. The number of carboxylic acids is 1. The number of carboxylic acid groups (broad SMARTS) is 1. The molecule has 1 aromatic rings. The molecule has 1 N–H and O–H groups in total. The van der Waals surface area contributed by atoms with Crippen molar-refractivity contribution >= 4 is 18.0 Å². The Kier molecular flexibility index (Phi) is 8.89. The number of likely N-dealkylation sites (N-methyl/N-ethyl adjacent to an activating group) is 2. The lowest BCUT2D eigenvalue weighted by atomic mass is 9.92. The Morgan fingerprint density at radius 2 is 1.62 bits per heavy atom. The van der Waals surface area contributed by atoms with Gasteiger partial charge in [-0.05, 0) is 33.1 Å². The van der Waals surface area contributed by atoms with Crippen molar-refractivity contribution < 1.29 is 28.8 Å². The molecular formula is C23H39N3O6. The predicted molar refractivity (Wildman–Crippen MR) is 120 cm³/mol. The first-order valence-corrected chi connectivity index (χ1v) is 10.9. The predicted octanol–water partition coefficient (Wildman–Crippen LogP) is 3.71. The van der Waals surface area contributed by atoms with Gasteiger partial charge in [0.15, 0.2) is 0 Å². The van der Waals surface area contributed by atoms with E-state index in [-0.39, 0.29) is 17.8 Å². The molecule has 9 nitrogen and oxygen atoms in total. The van der Waals surface area contributed by atoms with Crippen molar-refractivity contribution in [1.29, 1.82) is 0 Å². The van der Waals surface area contributed by atoms with Gasteiger partial charge < -0.3 is 19.3 Å². The molecule has 0 saturated heterocycles. The van der Waals surface area contributed by atoms with E-state index in [9.17, 15) is 19.5 Å². The smallest absolute Gasteiger partial charge is 0.410 e. The summed E-state index contributed by atoms with van der Waals surface area (Å²) in [5, 5.41) is 13.8. The number of amides is 2. The summed E-state index contributed by atoms with van der Waals surface area (Å²) in [5.41, 5.74) is -0.266. The summed E-state index contributed by atoms with van der Waals surface area (Å²) in [6.07, 6.45) is -0.311. The van der Waals surface area contributed by atoms with Crippen LogP contribution in [0.3, 0.4) is 0 Å². The van der Waals surface area contributed by atoms with Gasteiger partial charge in [-0.1, -0.05) is 39.8 Å². The Morgan fingerprint density at radius 1 is 1.06 bits per heavy atom. The van der Waals surface area contributed by atoms with Crippen LogP contribution in [-0.2, 0) is 26.2 Å². The third kappa shape index (κ3) is 7.84. The molecule has 1 rings (SSSR count). The quantitative estimate of drug-likeness (QED) is 0.638. The van der Waals surface area contributed by atoms with Crippen molar-refractivity contribution in [3.63, 3.8) is 0 Å². The first kappa shape index (κ1) is 27.5. The van der Waals surface area contributed by atoms with E-state index < -0.39 is 35.7 Å². The van der Waals surface area contributed by atoms with Crippen molar-refractivity contribution in [3.05, 3.63) is 17.5 Å². The second-order valence-electron chi connectivity index (χ2n) is 10.7. The summed E-state index contributed by atoms with van der Waals surface area (Å²) in [5.74, 6) is -1.18. The fourth-order valence-corrected chi connectivity index (χ4v) is 3.06. The number of carbonyl (C=O) groups excluding carboxylic acids is 2. The molecular weight excluding hydrogens is 414 g/mol. The fourth-order valence-electron chi connectivity index (χ4n) is 3.06. The molecule has 0 spiro atoms. The SMILES string of the molecule is CC(C)CC(C(=O)N(C)C(Cc1cc(C(C)(C)C)no1)C(=O)O)N(C)C(=O)OC(C)(C)C. The van der Waals surface area contributed by atoms with Gasteiger partial charge in [-0.3, -0.25) is 9.69 Å². The van der Waals surface area contributed by atoms with Crippen molar-refractivity contribution in [3.8, 4) is 0 Å². The van der Waals surface area contributed by atoms with E-state index in [1.807, 2.05) is 34.6 Å². The molecule has 2 unspecified atom stereocenters. The highest BCUT2D eigenvalue weighted by atomic mass is 16.6. The Hall–Kier alpha value is -2.58. The molecule has 0 aromatic carbocycles. The molecule has 0 fully saturated rings. The molecule has 182 valence electrons. The van der Waals surface area contributed by atoms with E-state index in [0.717, 1.165) is 4.90 Å². The molecule has 0 aliphatic carbocycles. The summed E-state index contributed by atoms with van der Waals surface area (Å²) >= 11 is 0. The van der Waals surface area contributed by atoms with Gasteiger partial charge in [-0.15, -0.1) is 0 Å². The number of rotatable bonds is 8.